The fourth-order valence-corrected chi connectivity index (χ4v) is 2.27. The van der Waals surface area contributed by atoms with Crippen molar-refractivity contribution in [3.05, 3.63) is 12.3 Å². The predicted octanol–water partition coefficient (Wildman–Crippen LogP) is 2.26. The lowest BCUT2D eigenvalue weighted by molar-refractivity contribution is 0.0751. The van der Waals surface area contributed by atoms with E-state index < -0.39 is 6.10 Å². The van der Waals surface area contributed by atoms with E-state index in [0.29, 0.717) is 18.8 Å². The second-order valence-corrected chi connectivity index (χ2v) is 5.90. The van der Waals surface area contributed by atoms with Crippen LogP contribution in [0.25, 0.3) is 0 Å². The van der Waals surface area contributed by atoms with Crippen LogP contribution in [0.5, 0.6) is 0 Å². The maximum absolute atomic E-state index is 10.3. The van der Waals surface area contributed by atoms with Crippen LogP contribution in [0.1, 0.15) is 47.0 Å². The molecule has 0 spiro atoms. The third-order valence-electron chi connectivity index (χ3n) is 3.40. The normalized spacial score (nSPS) is 17.4. The SMILES string of the molecule is C#CCC[C@H](N)C(=C)N[C@@H](C)[C@@H](O)[C@@H](C)CC(C)C. The van der Waals surface area contributed by atoms with Crippen molar-refractivity contribution in [1.29, 1.82) is 0 Å². The number of hydrogen-bond acceptors (Lipinski definition) is 3. The Balaban J connectivity index is 4.24. The van der Waals surface area contributed by atoms with E-state index in [-0.39, 0.29) is 18.0 Å². The van der Waals surface area contributed by atoms with Crippen LogP contribution in [-0.4, -0.2) is 23.3 Å². The summed E-state index contributed by atoms with van der Waals surface area (Å²) in [4.78, 5) is 0. The van der Waals surface area contributed by atoms with Crippen molar-refractivity contribution in [1.82, 2.24) is 5.32 Å². The van der Waals surface area contributed by atoms with Gasteiger partial charge in [-0.1, -0.05) is 27.4 Å². The predicted molar refractivity (Wildman–Crippen MR) is 82.4 cm³/mol. The molecule has 110 valence electrons. The van der Waals surface area contributed by atoms with Crippen molar-refractivity contribution in [2.75, 3.05) is 0 Å². The molecule has 0 aromatic rings. The average molecular weight is 266 g/mol. The Morgan fingerprint density at radius 2 is 1.95 bits per heavy atom. The Labute approximate surface area is 118 Å². The van der Waals surface area contributed by atoms with Crippen LogP contribution >= 0.6 is 0 Å². The van der Waals surface area contributed by atoms with Gasteiger partial charge in [-0.15, -0.1) is 12.3 Å². The second-order valence-electron chi connectivity index (χ2n) is 5.90. The third-order valence-corrected chi connectivity index (χ3v) is 3.40. The molecule has 0 unspecified atom stereocenters. The molecule has 4 atom stereocenters. The van der Waals surface area contributed by atoms with Gasteiger partial charge in [0.1, 0.15) is 0 Å². The maximum atomic E-state index is 10.3. The lowest BCUT2D eigenvalue weighted by Gasteiger charge is -2.29. The summed E-state index contributed by atoms with van der Waals surface area (Å²) in [5.41, 5.74) is 6.72. The van der Waals surface area contributed by atoms with Crippen molar-refractivity contribution in [3.8, 4) is 12.3 Å². The first-order chi connectivity index (χ1) is 8.79. The van der Waals surface area contributed by atoms with Gasteiger partial charge in [0.05, 0.1) is 6.10 Å². The van der Waals surface area contributed by atoms with Gasteiger partial charge in [0.25, 0.3) is 0 Å². The van der Waals surface area contributed by atoms with Gasteiger partial charge < -0.3 is 16.2 Å². The van der Waals surface area contributed by atoms with Gasteiger partial charge in [0.2, 0.25) is 0 Å². The van der Waals surface area contributed by atoms with E-state index in [4.69, 9.17) is 12.2 Å². The molecule has 0 heterocycles. The van der Waals surface area contributed by atoms with E-state index in [1.807, 2.05) is 6.92 Å². The largest absolute Gasteiger partial charge is 0.391 e. The standard InChI is InChI=1S/C16H30N2O/c1-7-8-9-15(17)13(5)18-14(6)16(19)12(4)10-11(2)3/h1,11-12,14-16,18-19H,5,8-10,17H2,2-4,6H3/t12-,14-,15-,16-/m0/s1. The molecule has 0 saturated carbocycles. The highest BCUT2D eigenvalue weighted by Crippen LogP contribution is 2.18. The molecule has 0 aliphatic rings. The van der Waals surface area contributed by atoms with E-state index in [1.165, 1.54) is 0 Å². The first kappa shape index (κ1) is 18.0. The monoisotopic (exact) mass is 266 g/mol. The molecule has 0 aliphatic carbocycles. The van der Waals surface area contributed by atoms with Crippen LogP contribution in [0.3, 0.4) is 0 Å². The lowest BCUT2D eigenvalue weighted by atomic mass is 9.90. The van der Waals surface area contributed by atoms with Crippen molar-refractivity contribution < 1.29 is 5.11 Å². The smallest absolute Gasteiger partial charge is 0.0763 e. The highest BCUT2D eigenvalue weighted by molar-refractivity contribution is 5.05. The van der Waals surface area contributed by atoms with Gasteiger partial charge in [-0.2, -0.15) is 0 Å². The maximum Gasteiger partial charge on any atom is 0.0763 e. The molecule has 3 nitrogen and oxygen atoms in total. The zero-order chi connectivity index (χ0) is 15.0. The Morgan fingerprint density at radius 1 is 1.37 bits per heavy atom. The van der Waals surface area contributed by atoms with Crippen molar-refractivity contribution in [3.63, 3.8) is 0 Å². The molecule has 0 bridgehead atoms. The molecule has 0 radical (unpaired) electrons. The minimum absolute atomic E-state index is 0.0573. The van der Waals surface area contributed by atoms with Crippen LogP contribution in [0, 0.1) is 24.2 Å². The van der Waals surface area contributed by atoms with Gasteiger partial charge in [0, 0.05) is 24.2 Å². The molecule has 3 heteroatoms. The van der Waals surface area contributed by atoms with E-state index >= 15 is 0 Å². The molecular weight excluding hydrogens is 236 g/mol. The number of terminal acetylenes is 1. The molecule has 0 fully saturated rings. The lowest BCUT2D eigenvalue weighted by Crippen LogP contribution is -2.44. The summed E-state index contributed by atoms with van der Waals surface area (Å²) in [6.45, 7) is 12.3. The minimum Gasteiger partial charge on any atom is -0.391 e. The van der Waals surface area contributed by atoms with Crippen molar-refractivity contribution in [2.24, 2.45) is 17.6 Å². The first-order valence-electron chi connectivity index (χ1n) is 7.12. The van der Waals surface area contributed by atoms with Crippen LogP contribution < -0.4 is 11.1 Å². The quantitative estimate of drug-likeness (QED) is 0.561. The Hall–Kier alpha value is -0.980. The molecule has 0 amide bonds. The molecule has 4 N–H and O–H groups in total. The minimum atomic E-state index is -0.404. The highest BCUT2D eigenvalue weighted by Gasteiger charge is 2.22. The number of rotatable bonds is 9. The van der Waals surface area contributed by atoms with Gasteiger partial charge in [-0.3, -0.25) is 0 Å². The summed E-state index contributed by atoms with van der Waals surface area (Å²) < 4.78 is 0. The molecule has 0 aromatic heterocycles. The number of nitrogens with two attached hydrogens (primary N) is 1. The summed E-state index contributed by atoms with van der Waals surface area (Å²) in [5.74, 6) is 3.40. The first-order valence-corrected chi connectivity index (χ1v) is 7.12. The summed E-state index contributed by atoms with van der Waals surface area (Å²) in [7, 11) is 0. The number of aliphatic hydroxyl groups is 1. The van der Waals surface area contributed by atoms with Crippen LogP contribution in [0.4, 0.5) is 0 Å². The summed E-state index contributed by atoms with van der Waals surface area (Å²) in [6.07, 6.45) is 7.17. The molecule has 0 aromatic carbocycles. The van der Waals surface area contributed by atoms with E-state index in [0.717, 1.165) is 12.1 Å². The summed E-state index contributed by atoms with van der Waals surface area (Å²) in [5, 5.41) is 13.5. The Kier molecular flexibility index (Phi) is 8.54. The fraction of sp³-hybridized carbons (Fsp3) is 0.750. The molecule has 19 heavy (non-hydrogen) atoms. The van der Waals surface area contributed by atoms with E-state index in [9.17, 15) is 5.11 Å². The molecule has 0 rings (SSSR count). The topological polar surface area (TPSA) is 58.3 Å². The molecular formula is C16H30N2O. The number of nitrogens with one attached hydrogen (secondary N) is 1. The van der Waals surface area contributed by atoms with E-state index in [1.54, 1.807) is 0 Å². The summed E-state index contributed by atoms with van der Waals surface area (Å²) in [6, 6.07) is -0.218. The second kappa shape index (κ2) is 9.01. The van der Waals surface area contributed by atoms with Gasteiger partial charge >= 0.3 is 0 Å². The Morgan fingerprint density at radius 3 is 2.42 bits per heavy atom. The van der Waals surface area contributed by atoms with Crippen LogP contribution in [0.2, 0.25) is 0 Å². The van der Waals surface area contributed by atoms with Gasteiger partial charge in [-0.05, 0) is 31.6 Å². The van der Waals surface area contributed by atoms with Crippen LogP contribution in [0.15, 0.2) is 12.3 Å². The Bertz CT molecular complexity index is 306. The summed E-state index contributed by atoms with van der Waals surface area (Å²) >= 11 is 0. The van der Waals surface area contributed by atoms with Crippen molar-refractivity contribution >= 4 is 0 Å². The molecule has 0 aliphatic heterocycles. The van der Waals surface area contributed by atoms with Gasteiger partial charge in [-0.25, -0.2) is 0 Å². The third kappa shape index (κ3) is 7.25. The zero-order valence-corrected chi connectivity index (χ0v) is 12.8. The fourth-order valence-electron chi connectivity index (χ4n) is 2.27. The van der Waals surface area contributed by atoms with Gasteiger partial charge in [0.15, 0.2) is 0 Å². The van der Waals surface area contributed by atoms with Crippen LogP contribution in [-0.2, 0) is 0 Å². The molecule has 0 saturated heterocycles. The highest BCUT2D eigenvalue weighted by atomic mass is 16.3. The number of aliphatic hydroxyl groups excluding tert-OH is 1. The van der Waals surface area contributed by atoms with E-state index in [2.05, 4.69) is 38.6 Å². The zero-order valence-electron chi connectivity index (χ0n) is 12.8. The number of hydrogen-bond donors (Lipinski definition) is 3. The van der Waals surface area contributed by atoms with Crippen molar-refractivity contribution in [2.45, 2.75) is 65.1 Å². The average Bonchev–Trinajstić information content (AvgIpc) is 2.33.